The van der Waals surface area contributed by atoms with Crippen LogP contribution in [0.5, 0.6) is 0 Å². The first kappa shape index (κ1) is 12.2. The van der Waals surface area contributed by atoms with E-state index in [-0.39, 0.29) is 5.92 Å². The molecule has 1 saturated carbocycles. The Hall–Kier alpha value is -0.890. The average molecular weight is 247 g/mol. The Morgan fingerprint density at radius 3 is 2.22 bits per heavy atom. The van der Waals surface area contributed by atoms with Gasteiger partial charge in [0.1, 0.15) is 6.17 Å². The van der Waals surface area contributed by atoms with Gasteiger partial charge in [-0.1, -0.05) is 30.7 Å². The number of hydrogen-bond donors (Lipinski definition) is 1. The number of alkyl halides is 1. The molecule has 1 nitrogen and oxygen atoms in total. The van der Waals surface area contributed by atoms with Gasteiger partial charge >= 0.3 is 0 Å². The summed E-state index contributed by atoms with van der Waals surface area (Å²) in [5, 5.41) is 3.29. The highest BCUT2D eigenvalue weighted by atomic mass is 19.1. The van der Waals surface area contributed by atoms with Crippen molar-refractivity contribution in [2.75, 3.05) is 13.1 Å². The molecule has 2 heteroatoms. The monoisotopic (exact) mass is 247 g/mol. The number of hydrogen-bond acceptors (Lipinski definition) is 1. The summed E-state index contributed by atoms with van der Waals surface area (Å²) < 4.78 is 14.4. The average Bonchev–Trinajstić information content (AvgIpc) is 2.38. The van der Waals surface area contributed by atoms with Crippen molar-refractivity contribution in [2.45, 2.75) is 44.2 Å². The normalized spacial score (nSPS) is 23.6. The first-order valence-electron chi connectivity index (χ1n) is 7.29. The van der Waals surface area contributed by atoms with Gasteiger partial charge in [0.25, 0.3) is 0 Å². The summed E-state index contributed by atoms with van der Waals surface area (Å²) in [5.41, 5.74) is 2.28. The standard InChI is InChI=1S/C16H22FN/c17-16(15-8-10-18-11-9-15)14-6-4-13(5-7-14)12-2-1-3-12/h4-7,12,15-16,18H,1-3,8-11H2. The quantitative estimate of drug-likeness (QED) is 0.852. The minimum absolute atomic E-state index is 0.209. The van der Waals surface area contributed by atoms with E-state index in [0.29, 0.717) is 0 Å². The summed E-state index contributed by atoms with van der Waals surface area (Å²) in [6.07, 6.45) is 5.13. The lowest BCUT2D eigenvalue weighted by atomic mass is 9.79. The molecular weight excluding hydrogens is 225 g/mol. The molecule has 0 bridgehead atoms. The predicted octanol–water partition coefficient (Wildman–Crippen LogP) is 3.96. The van der Waals surface area contributed by atoms with Crippen molar-refractivity contribution in [1.29, 1.82) is 0 Å². The van der Waals surface area contributed by atoms with Crippen LogP contribution < -0.4 is 5.32 Å². The Labute approximate surface area is 109 Å². The number of halogens is 1. The SMILES string of the molecule is FC(c1ccc(C2CCC2)cc1)C1CCNCC1. The molecule has 1 heterocycles. The van der Waals surface area contributed by atoms with Crippen molar-refractivity contribution in [3.63, 3.8) is 0 Å². The van der Waals surface area contributed by atoms with Crippen LogP contribution in [0.3, 0.4) is 0 Å². The van der Waals surface area contributed by atoms with Crippen molar-refractivity contribution in [2.24, 2.45) is 5.92 Å². The summed E-state index contributed by atoms with van der Waals surface area (Å²) in [6.45, 7) is 1.93. The van der Waals surface area contributed by atoms with Gasteiger partial charge in [-0.3, -0.25) is 0 Å². The Balaban J connectivity index is 1.67. The first-order valence-corrected chi connectivity index (χ1v) is 7.29. The van der Waals surface area contributed by atoms with Gasteiger partial charge in [-0.15, -0.1) is 0 Å². The van der Waals surface area contributed by atoms with Crippen LogP contribution in [0.15, 0.2) is 24.3 Å². The second-order valence-corrected chi connectivity index (χ2v) is 5.78. The highest BCUT2D eigenvalue weighted by molar-refractivity contribution is 5.28. The van der Waals surface area contributed by atoms with E-state index in [1.54, 1.807) is 0 Å². The van der Waals surface area contributed by atoms with Gasteiger partial charge in [0, 0.05) is 0 Å². The fourth-order valence-electron chi connectivity index (χ4n) is 3.10. The topological polar surface area (TPSA) is 12.0 Å². The van der Waals surface area contributed by atoms with E-state index in [0.717, 1.165) is 37.4 Å². The lowest BCUT2D eigenvalue weighted by Gasteiger charge is -2.28. The molecule has 0 spiro atoms. The Morgan fingerprint density at radius 2 is 1.67 bits per heavy atom. The fraction of sp³-hybridized carbons (Fsp3) is 0.625. The molecule has 0 amide bonds. The zero-order valence-electron chi connectivity index (χ0n) is 10.9. The number of nitrogens with one attached hydrogen (secondary N) is 1. The minimum atomic E-state index is -0.775. The third kappa shape index (κ3) is 2.44. The van der Waals surface area contributed by atoms with Gasteiger partial charge in [0.15, 0.2) is 0 Å². The van der Waals surface area contributed by atoms with Crippen molar-refractivity contribution < 1.29 is 4.39 Å². The van der Waals surface area contributed by atoms with Crippen LogP contribution in [0.4, 0.5) is 4.39 Å². The van der Waals surface area contributed by atoms with Crippen LogP contribution in [-0.4, -0.2) is 13.1 Å². The molecule has 1 N–H and O–H groups in total. The van der Waals surface area contributed by atoms with E-state index in [9.17, 15) is 4.39 Å². The molecule has 1 aliphatic carbocycles. The molecule has 3 rings (SSSR count). The Bertz CT molecular complexity index is 377. The van der Waals surface area contributed by atoms with E-state index >= 15 is 0 Å². The summed E-state index contributed by atoms with van der Waals surface area (Å²) in [5.74, 6) is 0.955. The number of piperidine rings is 1. The second-order valence-electron chi connectivity index (χ2n) is 5.78. The molecular formula is C16H22FN. The predicted molar refractivity (Wildman–Crippen MR) is 72.5 cm³/mol. The maximum Gasteiger partial charge on any atom is 0.128 e. The molecule has 1 atom stereocenters. The molecule has 98 valence electrons. The number of benzene rings is 1. The van der Waals surface area contributed by atoms with Crippen molar-refractivity contribution in [1.82, 2.24) is 5.32 Å². The molecule has 1 aromatic carbocycles. The van der Waals surface area contributed by atoms with Gasteiger partial charge in [0.2, 0.25) is 0 Å². The molecule has 2 aliphatic rings. The maximum absolute atomic E-state index is 14.4. The van der Waals surface area contributed by atoms with Gasteiger partial charge in [-0.25, -0.2) is 4.39 Å². The lowest BCUT2D eigenvalue weighted by Crippen LogP contribution is -2.29. The van der Waals surface area contributed by atoms with E-state index in [4.69, 9.17) is 0 Å². The molecule has 1 aliphatic heterocycles. The highest BCUT2D eigenvalue weighted by Crippen LogP contribution is 2.38. The van der Waals surface area contributed by atoms with Crippen molar-refractivity contribution in [3.05, 3.63) is 35.4 Å². The number of rotatable bonds is 3. The molecule has 1 saturated heterocycles. The molecule has 18 heavy (non-hydrogen) atoms. The third-order valence-electron chi connectivity index (χ3n) is 4.63. The van der Waals surface area contributed by atoms with E-state index in [2.05, 4.69) is 17.4 Å². The Morgan fingerprint density at radius 1 is 1.00 bits per heavy atom. The van der Waals surface area contributed by atoms with Crippen LogP contribution in [0, 0.1) is 5.92 Å². The summed E-state index contributed by atoms with van der Waals surface area (Å²) in [4.78, 5) is 0. The molecule has 1 unspecified atom stereocenters. The van der Waals surface area contributed by atoms with E-state index < -0.39 is 6.17 Å². The largest absolute Gasteiger partial charge is 0.317 e. The van der Waals surface area contributed by atoms with Gasteiger partial charge in [-0.05, 0) is 61.7 Å². The minimum Gasteiger partial charge on any atom is -0.317 e. The summed E-state index contributed by atoms with van der Waals surface area (Å²) in [7, 11) is 0. The van der Waals surface area contributed by atoms with E-state index in [1.807, 2.05) is 12.1 Å². The molecule has 2 fully saturated rings. The zero-order chi connectivity index (χ0) is 12.4. The Kier molecular flexibility index (Phi) is 3.64. The molecule has 0 aromatic heterocycles. The summed E-state index contributed by atoms with van der Waals surface area (Å²) in [6, 6.07) is 8.32. The molecule has 1 aromatic rings. The van der Waals surface area contributed by atoms with Crippen LogP contribution >= 0.6 is 0 Å². The smallest absolute Gasteiger partial charge is 0.128 e. The van der Waals surface area contributed by atoms with Gasteiger partial charge in [0.05, 0.1) is 0 Å². The first-order chi connectivity index (χ1) is 8.84. The zero-order valence-corrected chi connectivity index (χ0v) is 10.9. The van der Waals surface area contributed by atoms with Crippen LogP contribution in [-0.2, 0) is 0 Å². The fourth-order valence-corrected chi connectivity index (χ4v) is 3.10. The lowest BCUT2D eigenvalue weighted by molar-refractivity contribution is 0.190. The van der Waals surface area contributed by atoms with Crippen molar-refractivity contribution >= 4 is 0 Å². The molecule has 0 radical (unpaired) electrons. The van der Waals surface area contributed by atoms with Crippen LogP contribution in [0.1, 0.15) is 55.3 Å². The second kappa shape index (κ2) is 5.40. The van der Waals surface area contributed by atoms with Crippen LogP contribution in [0.2, 0.25) is 0 Å². The maximum atomic E-state index is 14.4. The van der Waals surface area contributed by atoms with Crippen molar-refractivity contribution in [3.8, 4) is 0 Å². The summed E-state index contributed by atoms with van der Waals surface area (Å²) >= 11 is 0. The highest BCUT2D eigenvalue weighted by Gasteiger charge is 2.25. The van der Waals surface area contributed by atoms with Crippen LogP contribution in [0.25, 0.3) is 0 Å². The van der Waals surface area contributed by atoms with Gasteiger partial charge in [-0.2, -0.15) is 0 Å². The third-order valence-corrected chi connectivity index (χ3v) is 4.63. The van der Waals surface area contributed by atoms with Gasteiger partial charge < -0.3 is 5.32 Å². The van der Waals surface area contributed by atoms with E-state index in [1.165, 1.54) is 24.8 Å².